The third-order valence-electron chi connectivity index (χ3n) is 21.3. The number of ether oxygens (including phenoxy) is 9. The molecular formula is C112H103Br2F7N10O14Si. The Kier molecular flexibility index (Phi) is 42.5. The molecule has 0 radical (unpaired) electrons. The van der Waals surface area contributed by atoms with Crippen LogP contribution >= 0.6 is 31.9 Å². The molecule has 0 fully saturated rings. The second-order valence-electron chi connectivity index (χ2n) is 33.5. The normalized spacial score (nSPS) is 11.4. The van der Waals surface area contributed by atoms with Crippen molar-refractivity contribution in [1.82, 2.24) is 50.5 Å². The van der Waals surface area contributed by atoms with E-state index in [1.165, 1.54) is 49.6 Å². The molecule has 4 heterocycles. The zero-order valence-electron chi connectivity index (χ0n) is 79.8. The second-order valence-corrected chi connectivity index (χ2v) is 40.0. The summed E-state index contributed by atoms with van der Waals surface area (Å²) in [5, 5.41) is 14.6. The highest BCUT2D eigenvalue weighted by Gasteiger charge is 2.34. The number of nitrogens with zero attached hydrogens (tertiary/aromatic N) is 8. The van der Waals surface area contributed by atoms with Crippen LogP contribution in [0.15, 0.2) is 332 Å². The number of benzene rings is 11. The Hall–Kier alpha value is -15.7. The molecule has 146 heavy (non-hydrogen) atoms. The maximum Gasteiger partial charge on any atom is 0.313 e. The van der Waals surface area contributed by atoms with Gasteiger partial charge in [-0.15, -0.1) is 5.54 Å². The van der Waals surface area contributed by atoms with E-state index in [-0.39, 0.29) is 133 Å². The molecule has 752 valence electrons. The molecule has 34 heteroatoms. The van der Waals surface area contributed by atoms with Gasteiger partial charge in [-0.05, 0) is 156 Å². The van der Waals surface area contributed by atoms with Crippen LogP contribution in [0.4, 0.5) is 30.7 Å². The predicted octanol–water partition coefficient (Wildman–Crippen LogP) is 22.6. The zero-order chi connectivity index (χ0) is 103. The summed E-state index contributed by atoms with van der Waals surface area (Å²) in [5.74, 6) is -3.53. The smallest absolute Gasteiger partial charge is 0.313 e. The molecule has 0 saturated heterocycles. The number of nitrogens with one attached hydrogen (secondary N) is 2. The molecule has 15 aromatic rings. The van der Waals surface area contributed by atoms with E-state index >= 15 is 4.39 Å². The highest BCUT2D eigenvalue weighted by atomic mass is 79.9. The Morgan fingerprint density at radius 1 is 0.349 bits per heavy atom. The van der Waals surface area contributed by atoms with Gasteiger partial charge in [0.15, 0.2) is 0 Å². The van der Waals surface area contributed by atoms with Gasteiger partial charge < -0.3 is 58.4 Å². The van der Waals surface area contributed by atoms with E-state index in [1.807, 2.05) is 243 Å². The van der Waals surface area contributed by atoms with Crippen molar-refractivity contribution in [2.24, 2.45) is 0 Å². The fraction of sp³-hybridized carbons (Fsp3) is 0.214. The number of carboxylic acids is 1. The van der Waals surface area contributed by atoms with E-state index in [0.29, 0.717) is 58.3 Å². The van der Waals surface area contributed by atoms with Crippen LogP contribution in [0.25, 0.3) is 0 Å². The molecule has 0 aliphatic rings. The van der Waals surface area contributed by atoms with Gasteiger partial charge in [-0.3, -0.25) is 19.2 Å². The molecule has 0 bridgehead atoms. The van der Waals surface area contributed by atoms with E-state index < -0.39 is 87.0 Å². The van der Waals surface area contributed by atoms with Crippen LogP contribution in [0.5, 0.6) is 46.5 Å². The predicted molar refractivity (Wildman–Crippen MR) is 544 cm³/mol. The lowest BCUT2D eigenvalue weighted by molar-refractivity contribution is -0.142. The molecule has 3 atom stereocenters. The number of halogens is 9. The van der Waals surface area contributed by atoms with Crippen LogP contribution in [0.2, 0.25) is 19.6 Å². The lowest BCUT2D eigenvalue weighted by Gasteiger charge is -2.21. The maximum absolute atomic E-state index is 15.1. The summed E-state index contributed by atoms with van der Waals surface area (Å²) in [7, 11) is -1.74. The minimum atomic E-state index is -2.76. The van der Waals surface area contributed by atoms with E-state index in [0.717, 1.165) is 44.5 Å². The van der Waals surface area contributed by atoms with Crippen molar-refractivity contribution in [3.05, 3.63) is 438 Å². The second kappa shape index (κ2) is 56.9. The molecule has 0 aliphatic heterocycles. The molecular weight excluding hydrogens is 2030 g/mol. The number of carbonyl (C=O) groups excluding carboxylic acids is 3. The topological polar surface area (TPSA) is 299 Å². The van der Waals surface area contributed by atoms with Crippen molar-refractivity contribution in [2.45, 2.75) is 136 Å². The zero-order valence-corrected chi connectivity index (χ0v) is 84.0. The maximum atomic E-state index is 15.1. The number of aromatic nitrogens is 8. The van der Waals surface area contributed by atoms with Crippen molar-refractivity contribution >= 4 is 63.7 Å². The number of rotatable bonds is 43. The number of hydrogen-bond acceptors (Lipinski definition) is 21. The quantitative estimate of drug-likeness (QED) is 0.0138. The van der Waals surface area contributed by atoms with E-state index in [4.69, 9.17) is 42.6 Å². The largest absolute Gasteiger partial charge is 0.482 e. The first-order chi connectivity index (χ1) is 70.8. The number of aliphatic carboxylic acids is 1. The molecule has 11 aromatic carbocycles. The van der Waals surface area contributed by atoms with Crippen molar-refractivity contribution < 1.29 is 97.6 Å². The van der Waals surface area contributed by atoms with Crippen molar-refractivity contribution in [3.8, 4) is 58.0 Å². The Bertz CT molecular complexity index is 6760. The molecule has 0 spiro atoms. The standard InChI is InChI=1S/C34H34F3N3O3Si.C29H25BrF3N3O3.C27H22BrFN2O4.C22H22N2O4/c1-44(2,3)17-16-27-15-14-26(19-29(27)35)18-28(33(41)38-20-30(36)37)31-32(42-21-24-10-6-4-7-11-24)34(40-23-39-31)43-22-25-12-8-5-9-13-25;30-23-12-11-21(14-24(23)31)13-22(28(37)34-15-25(32)33)26-27(38-16-19-7-3-1-4-8-19)29(36-18-35-26)39-17-20-9-5-2-6-10-20;28-22-12-11-20(14-23(22)29)13-21(27(32)33)24-25(34-15-18-7-3-1-4-8-18)26(31-17-30-24)35-16-19-9-5-2-6-10-19;1-2-26-20(25)13-19-21(27-14-17-9-5-3-6-10-17)22(24-16-23-19)28-15-18-11-7-4-8-12-18/h4-15,19,23,28,30H,18,20-22H2,1-3H3,(H,38,41);1-12,14,18,22,25H,13,15-17H2,(H,34,37);1-12,14,17,21H,13,15-16H2,(H,32,33);3-12,16H,2,13-15H2,1H3. The van der Waals surface area contributed by atoms with Gasteiger partial charge in [-0.2, -0.15) is 19.9 Å². The van der Waals surface area contributed by atoms with Crippen LogP contribution in [-0.2, 0) is 102 Å². The van der Waals surface area contributed by atoms with Gasteiger partial charge in [0.05, 0.1) is 52.5 Å². The molecule has 2 amide bonds. The van der Waals surface area contributed by atoms with Gasteiger partial charge >= 0.3 is 11.9 Å². The summed E-state index contributed by atoms with van der Waals surface area (Å²) in [4.78, 5) is 85.0. The minimum absolute atomic E-state index is 0.0103. The molecule has 0 aliphatic carbocycles. The van der Waals surface area contributed by atoms with Crippen LogP contribution in [0.1, 0.15) is 114 Å². The third-order valence-corrected chi connectivity index (χ3v) is 23.5. The lowest BCUT2D eigenvalue weighted by atomic mass is 9.93. The van der Waals surface area contributed by atoms with E-state index in [2.05, 4.69) is 113 Å². The SMILES string of the molecule is CCOC(=O)Cc1ncnc(OCc2ccccc2)c1OCc1ccccc1.C[Si](C)(C)C#Cc1ccc(CC(C(=O)NCC(F)F)c2ncnc(OCc3ccccc3)c2OCc2ccccc2)cc1F.O=C(NCC(F)F)C(Cc1ccc(Br)c(F)c1)c1ncnc(OCc2ccccc2)c1OCc1ccccc1.O=C(O)C(Cc1ccc(Br)c(F)c1)c1ncnc(OCc2ccccc2)c1OCc1ccccc1. The van der Waals surface area contributed by atoms with Gasteiger partial charge in [-0.1, -0.05) is 286 Å². The highest BCUT2D eigenvalue weighted by molar-refractivity contribution is 9.10. The molecule has 15 rings (SSSR count). The monoisotopic (exact) mass is 2130 g/mol. The minimum Gasteiger partial charge on any atom is -0.482 e. The summed E-state index contributed by atoms with van der Waals surface area (Å²) in [6, 6.07) is 89.4. The molecule has 4 aromatic heterocycles. The Labute approximate surface area is 858 Å². The Morgan fingerprint density at radius 3 is 0.911 bits per heavy atom. The van der Waals surface area contributed by atoms with Crippen LogP contribution < -0.4 is 48.5 Å². The highest BCUT2D eigenvalue weighted by Crippen LogP contribution is 2.41. The van der Waals surface area contributed by atoms with Gasteiger partial charge in [0.1, 0.15) is 132 Å². The first-order valence-electron chi connectivity index (χ1n) is 46.2. The summed E-state index contributed by atoms with van der Waals surface area (Å²) in [6.07, 6.45) is -0.518. The number of carboxylic acid groups (broad SMARTS) is 1. The number of amides is 2. The molecule has 3 unspecified atom stereocenters. The molecule has 3 N–H and O–H groups in total. The number of hydrogen-bond donors (Lipinski definition) is 3. The first kappa shape index (κ1) is 109. The molecule has 0 saturated carbocycles. The van der Waals surface area contributed by atoms with Gasteiger partial charge in [-0.25, -0.2) is 50.7 Å². The van der Waals surface area contributed by atoms with Crippen molar-refractivity contribution in [3.63, 3.8) is 0 Å². The average molecular weight is 2130 g/mol. The van der Waals surface area contributed by atoms with Crippen molar-refractivity contribution in [1.29, 1.82) is 0 Å². The van der Waals surface area contributed by atoms with Crippen LogP contribution in [-0.4, -0.2) is 109 Å². The summed E-state index contributed by atoms with van der Waals surface area (Å²) in [6.45, 7) is 8.13. The van der Waals surface area contributed by atoms with Crippen LogP contribution in [0, 0.1) is 28.9 Å². The van der Waals surface area contributed by atoms with Crippen LogP contribution in [0.3, 0.4) is 0 Å². The van der Waals surface area contributed by atoms with Gasteiger partial charge in [0, 0.05) is 0 Å². The summed E-state index contributed by atoms with van der Waals surface area (Å²) in [5.41, 5.74) is 12.9. The fourth-order valence-electron chi connectivity index (χ4n) is 14.1. The fourth-order valence-corrected chi connectivity index (χ4v) is 15.1. The van der Waals surface area contributed by atoms with Gasteiger partial charge in [0.25, 0.3) is 36.4 Å². The average Bonchev–Trinajstić information content (AvgIpc) is 0.815. The Morgan fingerprint density at radius 2 is 0.623 bits per heavy atom. The van der Waals surface area contributed by atoms with Gasteiger partial charge in [0.2, 0.25) is 34.8 Å². The first-order valence-corrected chi connectivity index (χ1v) is 51.3. The number of alkyl halides is 4. The number of carbonyl (C=O) groups is 4. The summed E-state index contributed by atoms with van der Waals surface area (Å²) < 4.78 is 149. The lowest BCUT2D eigenvalue weighted by Crippen LogP contribution is -2.34. The Balaban J connectivity index is 0.000000175. The summed E-state index contributed by atoms with van der Waals surface area (Å²) >= 11 is 6.24. The third kappa shape index (κ3) is 35.4. The van der Waals surface area contributed by atoms with Crippen molar-refractivity contribution in [2.75, 3.05) is 19.7 Å². The molecule has 24 nitrogen and oxygen atoms in total. The van der Waals surface area contributed by atoms with E-state index in [9.17, 15) is 50.6 Å². The van der Waals surface area contributed by atoms with E-state index in [1.54, 1.807) is 37.3 Å². The number of esters is 1.